The molecule has 9 heteroatoms. The van der Waals surface area contributed by atoms with Crippen LogP contribution in [0, 0.1) is 0 Å². The van der Waals surface area contributed by atoms with Crippen molar-refractivity contribution in [3.63, 3.8) is 0 Å². The Balaban J connectivity index is 1.64. The van der Waals surface area contributed by atoms with E-state index >= 15 is 0 Å². The fraction of sp³-hybridized carbons (Fsp3) is 0.200. The minimum absolute atomic E-state index is 0.161. The maximum Gasteiger partial charge on any atom is 0.345 e. The summed E-state index contributed by atoms with van der Waals surface area (Å²) in [5, 5.41) is 21.6. The number of hydrogen-bond acceptors (Lipinski definition) is 6. The van der Waals surface area contributed by atoms with Gasteiger partial charge in [-0.15, -0.1) is 11.3 Å². The summed E-state index contributed by atoms with van der Waals surface area (Å²) >= 11 is 1.17. The van der Waals surface area contributed by atoms with Crippen molar-refractivity contribution >= 4 is 40.8 Å². The average molecular weight is 407 g/mol. The van der Waals surface area contributed by atoms with E-state index in [4.69, 9.17) is 4.98 Å². The summed E-state index contributed by atoms with van der Waals surface area (Å²) in [7, 11) is 0. The molecule has 8 nitrogen and oxygen atoms in total. The number of nitrogens with zero attached hydrogens (tertiary/aromatic N) is 3. The van der Waals surface area contributed by atoms with Crippen molar-refractivity contribution in [2.24, 2.45) is 0 Å². The van der Waals surface area contributed by atoms with E-state index in [2.05, 4.69) is 22.3 Å². The Hall–Kier alpha value is -3.46. The average Bonchev–Trinajstić information content (AvgIpc) is 3.08. The van der Waals surface area contributed by atoms with Gasteiger partial charge in [0.1, 0.15) is 10.7 Å². The van der Waals surface area contributed by atoms with Gasteiger partial charge < -0.3 is 15.7 Å². The second kappa shape index (κ2) is 6.56. The van der Waals surface area contributed by atoms with Crippen LogP contribution in [0.4, 0.5) is 5.82 Å². The number of nitrogens with one attached hydrogen (secondary N) is 2. The first-order valence-electron chi connectivity index (χ1n) is 9.15. The Bertz CT molecular complexity index is 1220. The highest BCUT2D eigenvalue weighted by atomic mass is 32.1. The summed E-state index contributed by atoms with van der Waals surface area (Å²) in [5.74, 6) is -0.327. The van der Waals surface area contributed by atoms with Gasteiger partial charge in [-0.3, -0.25) is 4.79 Å². The number of carbonyl (C=O) groups is 2. The molecule has 146 valence electrons. The molecule has 1 aliphatic carbocycles. The van der Waals surface area contributed by atoms with E-state index in [9.17, 15) is 14.7 Å². The number of rotatable bonds is 5. The predicted octanol–water partition coefficient (Wildman–Crippen LogP) is 3.15. The molecule has 0 unspecified atom stereocenters. The normalized spacial score (nSPS) is 17.9. The van der Waals surface area contributed by atoms with E-state index in [1.54, 1.807) is 28.2 Å². The van der Waals surface area contributed by atoms with Crippen molar-refractivity contribution in [3.05, 3.63) is 52.0 Å². The zero-order chi connectivity index (χ0) is 20.1. The first-order chi connectivity index (χ1) is 14.0. The lowest BCUT2D eigenvalue weighted by Gasteiger charge is -2.09. The quantitative estimate of drug-likeness (QED) is 0.561. The Labute approximate surface area is 169 Å². The van der Waals surface area contributed by atoms with E-state index in [0.717, 1.165) is 29.8 Å². The number of carbonyl (C=O) groups excluding carboxylic acids is 1. The Morgan fingerprint density at radius 2 is 2.24 bits per heavy atom. The van der Waals surface area contributed by atoms with Crippen molar-refractivity contribution in [1.29, 1.82) is 0 Å². The summed E-state index contributed by atoms with van der Waals surface area (Å²) in [6, 6.07) is 3.91. The van der Waals surface area contributed by atoms with Crippen molar-refractivity contribution in [2.75, 3.05) is 5.32 Å². The van der Waals surface area contributed by atoms with E-state index in [1.165, 1.54) is 11.3 Å². The molecule has 0 aromatic carbocycles. The summed E-state index contributed by atoms with van der Waals surface area (Å²) in [5.41, 5.74) is 4.00. The van der Waals surface area contributed by atoms with Crippen LogP contribution in [0.1, 0.15) is 34.5 Å². The molecule has 5 rings (SSSR count). The van der Waals surface area contributed by atoms with Crippen LogP contribution in [0.25, 0.3) is 23.0 Å². The van der Waals surface area contributed by atoms with Gasteiger partial charge in [-0.1, -0.05) is 6.58 Å². The van der Waals surface area contributed by atoms with E-state index in [0.29, 0.717) is 35.1 Å². The van der Waals surface area contributed by atoms with Crippen LogP contribution in [0.2, 0.25) is 0 Å². The number of hydrogen-bond donors (Lipinski definition) is 3. The standard InChI is InChI=1S/C20H17N5O3S/c1-10-4-11(19(26)22-10)5-12-8-21-25-17(23-14-2-3-14)7-15(24-18(12)25)13-6-16(20(27)28)29-9-13/h5-9,14,23H,1-4H2,(H,22,26)(H,27,28)/b11-5+. The molecule has 2 aliphatic rings. The van der Waals surface area contributed by atoms with Crippen molar-refractivity contribution in [1.82, 2.24) is 19.9 Å². The van der Waals surface area contributed by atoms with Gasteiger partial charge in [0.05, 0.1) is 11.9 Å². The molecule has 4 heterocycles. The molecule has 3 aromatic heterocycles. The Kier molecular flexibility index (Phi) is 3.99. The minimum atomic E-state index is -0.957. The van der Waals surface area contributed by atoms with E-state index < -0.39 is 5.97 Å². The van der Waals surface area contributed by atoms with Crippen molar-refractivity contribution in [3.8, 4) is 11.3 Å². The highest BCUT2D eigenvalue weighted by Gasteiger charge is 2.24. The van der Waals surface area contributed by atoms with E-state index in [1.807, 2.05) is 6.07 Å². The third-order valence-electron chi connectivity index (χ3n) is 4.85. The topological polar surface area (TPSA) is 109 Å². The number of anilines is 1. The summed E-state index contributed by atoms with van der Waals surface area (Å²) < 4.78 is 1.72. The molecule has 0 spiro atoms. The maximum atomic E-state index is 12.1. The first kappa shape index (κ1) is 17.6. The predicted molar refractivity (Wildman–Crippen MR) is 110 cm³/mol. The third kappa shape index (κ3) is 3.29. The number of amides is 1. The fourth-order valence-corrected chi connectivity index (χ4v) is 3.99. The first-order valence-corrected chi connectivity index (χ1v) is 10.0. The molecule has 0 bridgehead atoms. The molecule has 1 aliphatic heterocycles. The molecule has 3 aromatic rings. The van der Waals surface area contributed by atoms with Crippen LogP contribution in [0.15, 0.2) is 41.6 Å². The number of aromatic nitrogens is 3. The Morgan fingerprint density at radius 1 is 1.41 bits per heavy atom. The molecule has 1 amide bonds. The number of fused-ring (bicyclic) bond motifs is 1. The molecule has 1 saturated carbocycles. The van der Waals surface area contributed by atoms with Gasteiger partial charge in [0.2, 0.25) is 0 Å². The summed E-state index contributed by atoms with van der Waals surface area (Å²) in [6.07, 6.45) is 6.13. The van der Waals surface area contributed by atoms with Gasteiger partial charge in [0.25, 0.3) is 5.91 Å². The van der Waals surface area contributed by atoms with Crippen molar-refractivity contribution in [2.45, 2.75) is 25.3 Å². The fourth-order valence-electron chi connectivity index (χ4n) is 3.25. The van der Waals surface area contributed by atoms with Crippen LogP contribution in [0.3, 0.4) is 0 Å². The van der Waals surface area contributed by atoms with Crippen LogP contribution in [-0.2, 0) is 4.79 Å². The largest absolute Gasteiger partial charge is 0.477 e. The van der Waals surface area contributed by atoms with Crippen LogP contribution < -0.4 is 10.6 Å². The second-order valence-corrected chi connectivity index (χ2v) is 8.10. The monoisotopic (exact) mass is 407 g/mol. The maximum absolute atomic E-state index is 12.1. The van der Waals surface area contributed by atoms with Gasteiger partial charge in [0, 0.05) is 46.3 Å². The lowest BCUT2D eigenvalue weighted by atomic mass is 10.1. The molecular formula is C20H17N5O3S. The molecule has 29 heavy (non-hydrogen) atoms. The molecule has 1 saturated heterocycles. The number of carboxylic acids is 1. The molecule has 0 atom stereocenters. The van der Waals surface area contributed by atoms with Gasteiger partial charge >= 0.3 is 5.97 Å². The van der Waals surface area contributed by atoms with Gasteiger partial charge in [-0.05, 0) is 25.0 Å². The lowest BCUT2D eigenvalue weighted by Crippen LogP contribution is -2.12. The van der Waals surface area contributed by atoms with Crippen LogP contribution >= 0.6 is 11.3 Å². The smallest absolute Gasteiger partial charge is 0.345 e. The number of thiophene rings is 1. The zero-order valence-electron chi connectivity index (χ0n) is 15.3. The van der Waals surface area contributed by atoms with Crippen molar-refractivity contribution < 1.29 is 14.7 Å². The molecule has 3 N–H and O–H groups in total. The molecule has 2 fully saturated rings. The highest BCUT2D eigenvalue weighted by Crippen LogP contribution is 2.31. The number of allylic oxidation sites excluding steroid dienone is 1. The Morgan fingerprint density at radius 3 is 2.90 bits per heavy atom. The number of aromatic carboxylic acids is 1. The minimum Gasteiger partial charge on any atom is -0.477 e. The third-order valence-corrected chi connectivity index (χ3v) is 5.77. The zero-order valence-corrected chi connectivity index (χ0v) is 16.1. The molecular weight excluding hydrogens is 390 g/mol. The second-order valence-electron chi connectivity index (χ2n) is 7.19. The van der Waals surface area contributed by atoms with E-state index in [-0.39, 0.29) is 10.8 Å². The van der Waals surface area contributed by atoms with Crippen LogP contribution in [0.5, 0.6) is 0 Å². The van der Waals surface area contributed by atoms with Gasteiger partial charge in [-0.2, -0.15) is 9.61 Å². The lowest BCUT2D eigenvalue weighted by molar-refractivity contribution is -0.115. The SMILES string of the molecule is C=C1C/C(=C\c2cnn3c(NC4CC4)cc(-c4csc(C(=O)O)c4)nc23)C(=O)N1. The molecule has 0 radical (unpaired) electrons. The highest BCUT2D eigenvalue weighted by molar-refractivity contribution is 7.12. The van der Waals surface area contributed by atoms with Gasteiger partial charge in [-0.25, -0.2) is 9.78 Å². The number of carboxylic acid groups (broad SMARTS) is 1. The van der Waals surface area contributed by atoms with Crippen LogP contribution in [-0.4, -0.2) is 37.6 Å². The van der Waals surface area contributed by atoms with Gasteiger partial charge in [0.15, 0.2) is 5.65 Å². The summed E-state index contributed by atoms with van der Waals surface area (Å²) in [6.45, 7) is 3.80. The summed E-state index contributed by atoms with van der Waals surface area (Å²) in [4.78, 5) is 28.3.